The quantitative estimate of drug-likeness (QED) is 0.372. The van der Waals surface area contributed by atoms with Crippen LogP contribution in [0.25, 0.3) is 0 Å². The summed E-state index contributed by atoms with van der Waals surface area (Å²) in [6, 6.07) is 0. The Morgan fingerprint density at radius 2 is 1.70 bits per heavy atom. The summed E-state index contributed by atoms with van der Waals surface area (Å²) < 4.78 is 0. The van der Waals surface area contributed by atoms with E-state index in [1.165, 1.54) is 6.42 Å². The second-order valence-electron chi connectivity index (χ2n) is 12.5. The van der Waals surface area contributed by atoms with Crippen LogP contribution in [-0.4, -0.2) is 52.6 Å². The summed E-state index contributed by atoms with van der Waals surface area (Å²) in [6.45, 7) is 8.33. The fourth-order valence-electron chi connectivity index (χ4n) is 9.19. The van der Waals surface area contributed by atoms with E-state index < -0.39 is 12.2 Å². The number of amides is 1. The maximum atomic E-state index is 12.2. The molecule has 190 valence electrons. The average molecular weight is 465 g/mol. The van der Waals surface area contributed by atoms with Gasteiger partial charge in [-0.1, -0.05) is 20.8 Å². The number of hydrogen-bond donors (Lipinski definition) is 5. The lowest BCUT2D eigenvalue weighted by Gasteiger charge is -2.63. The maximum absolute atomic E-state index is 12.2. The minimum atomic E-state index is -0.734. The third-order valence-corrected chi connectivity index (χ3v) is 11.0. The zero-order valence-electron chi connectivity index (χ0n) is 21.0. The van der Waals surface area contributed by atoms with Crippen LogP contribution >= 0.6 is 0 Å². The van der Waals surface area contributed by atoms with Crippen molar-refractivity contribution in [1.82, 2.24) is 5.32 Å². The standard InChI is InChI=1S/C27H48N2O4/c1-16(5-8-22(31)29-14-4-13-28)18-6-7-19-23-20(10-12-26(18,19)2)27(3)11-9-17(30)15-21(27)24(32)25(23)33/h16-21,23-25,30,32-33H,4-15,28H2,1-3H3,(H,29,31)/t16-,17-,18-,19+,20+,21+,23+,24-,25+,26-,27-/m0/s1. The number of fused-ring (bicyclic) bond motifs is 5. The first kappa shape index (κ1) is 25.4. The van der Waals surface area contributed by atoms with Crippen LogP contribution in [0.2, 0.25) is 0 Å². The molecule has 0 unspecified atom stereocenters. The number of aliphatic hydroxyl groups excluding tert-OH is 3. The second-order valence-corrected chi connectivity index (χ2v) is 12.5. The Morgan fingerprint density at radius 1 is 1.00 bits per heavy atom. The van der Waals surface area contributed by atoms with Crippen LogP contribution in [0.3, 0.4) is 0 Å². The van der Waals surface area contributed by atoms with Gasteiger partial charge in [-0.2, -0.15) is 0 Å². The van der Waals surface area contributed by atoms with E-state index in [1.54, 1.807) is 0 Å². The van der Waals surface area contributed by atoms with E-state index in [1.807, 2.05) is 0 Å². The van der Waals surface area contributed by atoms with Gasteiger partial charge >= 0.3 is 0 Å². The molecule has 0 aromatic carbocycles. The molecule has 4 rings (SSSR count). The predicted octanol–water partition coefficient (Wildman–Crippen LogP) is 2.83. The first-order chi connectivity index (χ1) is 15.6. The Balaban J connectivity index is 1.46. The van der Waals surface area contributed by atoms with Gasteiger partial charge in [0, 0.05) is 13.0 Å². The molecule has 11 atom stereocenters. The van der Waals surface area contributed by atoms with Crippen molar-refractivity contribution in [3.63, 3.8) is 0 Å². The van der Waals surface area contributed by atoms with Crippen molar-refractivity contribution in [3.05, 3.63) is 0 Å². The molecule has 4 fully saturated rings. The monoisotopic (exact) mass is 464 g/mol. The number of nitrogens with one attached hydrogen (secondary N) is 1. The minimum Gasteiger partial charge on any atom is -0.393 e. The van der Waals surface area contributed by atoms with Crippen molar-refractivity contribution in [1.29, 1.82) is 0 Å². The van der Waals surface area contributed by atoms with Crippen molar-refractivity contribution in [2.24, 2.45) is 52.1 Å². The molecule has 0 bridgehead atoms. The van der Waals surface area contributed by atoms with Gasteiger partial charge in [0.15, 0.2) is 0 Å². The summed E-state index contributed by atoms with van der Waals surface area (Å²) in [6.07, 6.45) is 7.44. The molecule has 0 aromatic heterocycles. The van der Waals surface area contributed by atoms with E-state index >= 15 is 0 Å². The highest BCUT2D eigenvalue weighted by atomic mass is 16.3. The lowest BCUT2D eigenvalue weighted by molar-refractivity contribution is -0.223. The van der Waals surface area contributed by atoms with E-state index in [4.69, 9.17) is 5.73 Å². The summed E-state index contributed by atoms with van der Waals surface area (Å²) in [5.41, 5.74) is 5.69. The lowest BCUT2D eigenvalue weighted by Crippen LogP contribution is -2.64. The number of rotatable bonds is 7. The summed E-state index contributed by atoms with van der Waals surface area (Å²) in [5.74, 6) is 2.15. The van der Waals surface area contributed by atoms with Crippen LogP contribution in [0, 0.1) is 46.3 Å². The summed E-state index contributed by atoms with van der Waals surface area (Å²) in [5, 5.41) is 35.8. The zero-order valence-corrected chi connectivity index (χ0v) is 21.0. The second kappa shape index (κ2) is 9.75. The predicted molar refractivity (Wildman–Crippen MR) is 129 cm³/mol. The van der Waals surface area contributed by atoms with E-state index in [-0.39, 0.29) is 34.7 Å². The Morgan fingerprint density at radius 3 is 2.42 bits per heavy atom. The largest absolute Gasteiger partial charge is 0.393 e. The van der Waals surface area contributed by atoms with Crippen molar-refractivity contribution in [2.75, 3.05) is 13.1 Å². The highest BCUT2D eigenvalue weighted by Crippen LogP contribution is 2.68. The van der Waals surface area contributed by atoms with Crippen LogP contribution in [0.15, 0.2) is 0 Å². The molecule has 4 aliphatic rings. The molecule has 6 heteroatoms. The molecular formula is C27H48N2O4. The molecular weight excluding hydrogens is 416 g/mol. The van der Waals surface area contributed by atoms with Crippen LogP contribution < -0.4 is 11.1 Å². The van der Waals surface area contributed by atoms with Gasteiger partial charge in [0.1, 0.15) is 0 Å². The fraction of sp³-hybridized carbons (Fsp3) is 0.963. The molecule has 4 aliphatic carbocycles. The van der Waals surface area contributed by atoms with Crippen LogP contribution in [0.1, 0.15) is 85.0 Å². The molecule has 0 aromatic rings. The van der Waals surface area contributed by atoms with Crippen molar-refractivity contribution < 1.29 is 20.1 Å². The molecule has 0 radical (unpaired) electrons. The average Bonchev–Trinajstić information content (AvgIpc) is 3.14. The lowest BCUT2D eigenvalue weighted by atomic mass is 9.43. The molecule has 4 saturated carbocycles. The summed E-state index contributed by atoms with van der Waals surface area (Å²) in [4.78, 5) is 12.2. The smallest absolute Gasteiger partial charge is 0.220 e. The fourth-order valence-corrected chi connectivity index (χ4v) is 9.19. The SMILES string of the molecule is C[C@@H](CCC(=O)NCCCN)[C@@H]1CC[C@@H]2[C@H]3[C@@H](O)[C@@H](O)[C@H]4C[C@@H](O)CC[C@@]4(C)[C@@H]3CC[C@]21C. The van der Waals surface area contributed by atoms with Gasteiger partial charge in [0.25, 0.3) is 0 Å². The van der Waals surface area contributed by atoms with Crippen LogP contribution in [0.4, 0.5) is 0 Å². The van der Waals surface area contributed by atoms with Gasteiger partial charge < -0.3 is 26.4 Å². The van der Waals surface area contributed by atoms with Crippen molar-refractivity contribution >= 4 is 5.91 Å². The minimum absolute atomic E-state index is 0.00392. The topological polar surface area (TPSA) is 116 Å². The number of aliphatic hydroxyl groups is 3. The van der Waals surface area contributed by atoms with Gasteiger partial charge in [-0.15, -0.1) is 0 Å². The third-order valence-electron chi connectivity index (χ3n) is 11.0. The van der Waals surface area contributed by atoms with Gasteiger partial charge in [-0.3, -0.25) is 4.79 Å². The molecule has 6 nitrogen and oxygen atoms in total. The Bertz CT molecular complexity index is 704. The van der Waals surface area contributed by atoms with Crippen molar-refractivity contribution in [2.45, 2.75) is 103 Å². The number of carbonyl (C=O) groups excluding carboxylic acids is 1. The first-order valence-electron chi connectivity index (χ1n) is 13.6. The molecule has 0 aliphatic heterocycles. The number of nitrogens with two attached hydrogens (primary N) is 1. The van der Waals surface area contributed by atoms with E-state index in [0.29, 0.717) is 49.6 Å². The van der Waals surface area contributed by atoms with Gasteiger partial charge in [0.05, 0.1) is 18.3 Å². The molecule has 0 spiro atoms. The first-order valence-corrected chi connectivity index (χ1v) is 13.6. The van der Waals surface area contributed by atoms with Gasteiger partial charge in [0.2, 0.25) is 5.91 Å². The van der Waals surface area contributed by atoms with Gasteiger partial charge in [-0.25, -0.2) is 0 Å². The summed E-state index contributed by atoms with van der Waals surface area (Å²) >= 11 is 0. The number of carbonyl (C=O) groups is 1. The van der Waals surface area contributed by atoms with E-state index in [0.717, 1.165) is 44.9 Å². The van der Waals surface area contributed by atoms with Crippen LogP contribution in [-0.2, 0) is 4.79 Å². The van der Waals surface area contributed by atoms with E-state index in [2.05, 4.69) is 26.1 Å². The molecule has 0 saturated heterocycles. The normalized spacial score (nSPS) is 47.8. The molecule has 6 N–H and O–H groups in total. The highest BCUT2D eigenvalue weighted by Gasteiger charge is 2.65. The highest BCUT2D eigenvalue weighted by molar-refractivity contribution is 5.75. The summed E-state index contributed by atoms with van der Waals surface area (Å²) in [7, 11) is 0. The Hall–Kier alpha value is -0.690. The molecule has 1 amide bonds. The maximum Gasteiger partial charge on any atom is 0.220 e. The Labute approximate surface area is 200 Å². The van der Waals surface area contributed by atoms with Crippen LogP contribution in [0.5, 0.6) is 0 Å². The van der Waals surface area contributed by atoms with Crippen molar-refractivity contribution in [3.8, 4) is 0 Å². The van der Waals surface area contributed by atoms with E-state index in [9.17, 15) is 20.1 Å². The molecule has 0 heterocycles. The zero-order chi connectivity index (χ0) is 24.0. The molecule has 33 heavy (non-hydrogen) atoms. The Kier molecular flexibility index (Phi) is 7.51. The number of hydrogen-bond acceptors (Lipinski definition) is 5. The van der Waals surface area contributed by atoms with Gasteiger partial charge in [-0.05, 0) is 111 Å². The third kappa shape index (κ3) is 4.39.